The Morgan fingerprint density at radius 2 is 2.33 bits per heavy atom. The quantitative estimate of drug-likeness (QED) is 0.880. The molecule has 0 aliphatic carbocycles. The van der Waals surface area contributed by atoms with Crippen molar-refractivity contribution in [1.82, 2.24) is 4.98 Å². The van der Waals surface area contributed by atoms with Crippen LogP contribution in [0.5, 0.6) is 0 Å². The molecule has 0 spiro atoms. The van der Waals surface area contributed by atoms with Gasteiger partial charge in [-0.15, -0.1) is 0 Å². The van der Waals surface area contributed by atoms with E-state index in [9.17, 15) is 4.79 Å². The number of oxazole rings is 1. The third-order valence-electron chi connectivity index (χ3n) is 2.65. The van der Waals surface area contributed by atoms with Gasteiger partial charge >= 0.3 is 5.97 Å². The highest BCUT2D eigenvalue weighted by Crippen LogP contribution is 2.19. The third-order valence-corrected chi connectivity index (χ3v) is 2.65. The van der Waals surface area contributed by atoms with Crippen LogP contribution in [-0.4, -0.2) is 29.8 Å². The van der Waals surface area contributed by atoms with E-state index in [4.69, 9.17) is 14.3 Å². The molecule has 0 aliphatic heterocycles. The van der Waals surface area contributed by atoms with Crippen LogP contribution in [0.15, 0.2) is 22.6 Å². The average molecular weight is 249 g/mol. The number of ether oxygens (including phenoxy) is 1. The van der Waals surface area contributed by atoms with Crippen LogP contribution in [0.3, 0.4) is 0 Å². The number of hydrogen-bond donors (Lipinski definition) is 1. The first-order chi connectivity index (χ1) is 8.60. The Bertz CT molecular complexity index is 561. The molecular weight excluding hydrogens is 234 g/mol. The lowest BCUT2D eigenvalue weighted by Gasteiger charge is -2.05. The van der Waals surface area contributed by atoms with Gasteiger partial charge in [-0.1, -0.05) is 6.92 Å². The summed E-state index contributed by atoms with van der Waals surface area (Å²) in [6, 6.07) is 4.67. The summed E-state index contributed by atoms with van der Waals surface area (Å²) < 4.78 is 10.6. The second kappa shape index (κ2) is 5.18. The third kappa shape index (κ3) is 2.68. The predicted molar refractivity (Wildman–Crippen MR) is 65.7 cm³/mol. The summed E-state index contributed by atoms with van der Waals surface area (Å²) in [7, 11) is 1.65. The van der Waals surface area contributed by atoms with Crippen molar-refractivity contribution < 1.29 is 19.1 Å². The summed E-state index contributed by atoms with van der Waals surface area (Å²) in [5.41, 5.74) is 1.40. The van der Waals surface area contributed by atoms with Crippen molar-refractivity contribution >= 4 is 17.1 Å². The molecule has 1 atom stereocenters. The van der Waals surface area contributed by atoms with Gasteiger partial charge in [-0.2, -0.15) is 0 Å². The average Bonchev–Trinajstić information content (AvgIpc) is 2.69. The summed E-state index contributed by atoms with van der Waals surface area (Å²) in [6.07, 6.45) is 0.672. The highest BCUT2D eigenvalue weighted by Gasteiger charge is 2.12. The number of carboxylic acid groups (broad SMARTS) is 1. The number of methoxy groups -OCH3 is 1. The largest absolute Gasteiger partial charge is 0.478 e. The van der Waals surface area contributed by atoms with Crippen molar-refractivity contribution in [3.63, 3.8) is 0 Å². The molecule has 0 radical (unpaired) electrons. The molecule has 2 aromatic rings. The summed E-state index contributed by atoms with van der Waals surface area (Å²) in [5.74, 6) is -0.0479. The second-order valence-electron chi connectivity index (χ2n) is 4.36. The van der Waals surface area contributed by atoms with Crippen LogP contribution in [-0.2, 0) is 11.2 Å². The minimum atomic E-state index is -0.964. The molecule has 5 nitrogen and oxygen atoms in total. The van der Waals surface area contributed by atoms with Crippen LogP contribution >= 0.6 is 0 Å². The van der Waals surface area contributed by atoms with E-state index in [2.05, 4.69) is 4.98 Å². The van der Waals surface area contributed by atoms with Gasteiger partial charge in [-0.3, -0.25) is 0 Å². The first-order valence-corrected chi connectivity index (χ1v) is 5.72. The SMILES string of the molecule is COCC(C)Cc1nc2cc(C(=O)O)ccc2o1. The maximum absolute atomic E-state index is 10.8. The maximum atomic E-state index is 10.8. The summed E-state index contributed by atoms with van der Waals surface area (Å²) in [5, 5.41) is 8.89. The lowest BCUT2D eigenvalue weighted by atomic mass is 10.1. The maximum Gasteiger partial charge on any atom is 0.335 e. The van der Waals surface area contributed by atoms with E-state index in [-0.39, 0.29) is 5.56 Å². The van der Waals surface area contributed by atoms with E-state index in [0.29, 0.717) is 35.9 Å². The van der Waals surface area contributed by atoms with Crippen LogP contribution in [0.2, 0.25) is 0 Å². The molecule has 0 saturated carbocycles. The Morgan fingerprint density at radius 1 is 1.56 bits per heavy atom. The summed E-state index contributed by atoms with van der Waals surface area (Å²) in [6.45, 7) is 2.68. The zero-order valence-electron chi connectivity index (χ0n) is 10.3. The molecule has 2 rings (SSSR count). The van der Waals surface area contributed by atoms with E-state index in [1.54, 1.807) is 13.2 Å². The molecule has 0 bridgehead atoms. The number of carbonyl (C=O) groups is 1. The lowest BCUT2D eigenvalue weighted by molar-refractivity contribution is 0.0697. The molecule has 1 heterocycles. The Hall–Kier alpha value is -1.88. The van der Waals surface area contributed by atoms with Crippen molar-refractivity contribution in [3.8, 4) is 0 Å². The van der Waals surface area contributed by atoms with E-state index >= 15 is 0 Å². The molecule has 96 valence electrons. The van der Waals surface area contributed by atoms with Gasteiger partial charge in [0.25, 0.3) is 0 Å². The van der Waals surface area contributed by atoms with Crippen molar-refractivity contribution in [1.29, 1.82) is 0 Å². The number of rotatable bonds is 5. The minimum Gasteiger partial charge on any atom is -0.478 e. The molecule has 0 fully saturated rings. The number of nitrogens with zero attached hydrogens (tertiary/aromatic N) is 1. The van der Waals surface area contributed by atoms with Crippen molar-refractivity contribution in [2.75, 3.05) is 13.7 Å². The number of aromatic carboxylic acids is 1. The molecule has 0 amide bonds. The fourth-order valence-electron chi connectivity index (χ4n) is 1.84. The van der Waals surface area contributed by atoms with Gasteiger partial charge in [0.15, 0.2) is 11.5 Å². The van der Waals surface area contributed by atoms with Gasteiger partial charge in [0.2, 0.25) is 0 Å². The van der Waals surface area contributed by atoms with E-state index in [1.165, 1.54) is 12.1 Å². The van der Waals surface area contributed by atoms with E-state index in [1.807, 2.05) is 6.92 Å². The smallest absolute Gasteiger partial charge is 0.335 e. The normalized spacial score (nSPS) is 12.8. The molecule has 1 unspecified atom stereocenters. The Labute approximate surface area is 104 Å². The minimum absolute atomic E-state index is 0.215. The van der Waals surface area contributed by atoms with Crippen LogP contribution in [0.25, 0.3) is 11.1 Å². The van der Waals surface area contributed by atoms with Gasteiger partial charge in [0.1, 0.15) is 5.52 Å². The molecule has 1 aromatic heterocycles. The van der Waals surface area contributed by atoms with Crippen molar-refractivity contribution in [3.05, 3.63) is 29.7 Å². The summed E-state index contributed by atoms with van der Waals surface area (Å²) >= 11 is 0. The number of aromatic nitrogens is 1. The molecular formula is C13H15NO4. The Kier molecular flexibility index (Phi) is 3.62. The standard InChI is InChI=1S/C13H15NO4/c1-8(7-17-2)5-12-14-10-6-9(13(15)16)3-4-11(10)18-12/h3-4,6,8H,5,7H2,1-2H3,(H,15,16). The fraction of sp³-hybridized carbons (Fsp3) is 0.385. The summed E-state index contributed by atoms with van der Waals surface area (Å²) in [4.78, 5) is 15.1. The Morgan fingerprint density at radius 3 is 3.00 bits per heavy atom. The van der Waals surface area contributed by atoms with Crippen LogP contribution < -0.4 is 0 Å². The van der Waals surface area contributed by atoms with Crippen molar-refractivity contribution in [2.24, 2.45) is 5.92 Å². The highest BCUT2D eigenvalue weighted by molar-refractivity contribution is 5.91. The lowest BCUT2D eigenvalue weighted by Crippen LogP contribution is -2.06. The van der Waals surface area contributed by atoms with E-state index < -0.39 is 5.97 Å². The van der Waals surface area contributed by atoms with Crippen LogP contribution in [0.1, 0.15) is 23.2 Å². The molecule has 1 aromatic carbocycles. The molecule has 5 heteroatoms. The van der Waals surface area contributed by atoms with Crippen LogP contribution in [0, 0.1) is 5.92 Å². The number of hydrogen-bond acceptors (Lipinski definition) is 4. The fourth-order valence-corrected chi connectivity index (χ4v) is 1.84. The van der Waals surface area contributed by atoms with Crippen molar-refractivity contribution in [2.45, 2.75) is 13.3 Å². The number of fused-ring (bicyclic) bond motifs is 1. The Balaban J connectivity index is 2.24. The number of benzene rings is 1. The molecule has 1 N–H and O–H groups in total. The van der Waals surface area contributed by atoms with E-state index in [0.717, 1.165) is 0 Å². The first-order valence-electron chi connectivity index (χ1n) is 5.72. The predicted octanol–water partition coefficient (Wildman–Crippen LogP) is 2.35. The molecule has 0 saturated heterocycles. The monoisotopic (exact) mass is 249 g/mol. The zero-order valence-corrected chi connectivity index (χ0v) is 10.3. The van der Waals surface area contributed by atoms with Gasteiger partial charge in [-0.25, -0.2) is 9.78 Å². The topological polar surface area (TPSA) is 72.6 Å². The van der Waals surface area contributed by atoms with Gasteiger partial charge in [0.05, 0.1) is 5.56 Å². The van der Waals surface area contributed by atoms with Crippen LogP contribution in [0.4, 0.5) is 0 Å². The molecule has 0 aliphatic rings. The highest BCUT2D eigenvalue weighted by atomic mass is 16.5. The number of carboxylic acids is 1. The van der Waals surface area contributed by atoms with Gasteiger partial charge in [-0.05, 0) is 24.1 Å². The van der Waals surface area contributed by atoms with Gasteiger partial charge < -0.3 is 14.3 Å². The zero-order chi connectivity index (χ0) is 13.1. The second-order valence-corrected chi connectivity index (χ2v) is 4.36. The first kappa shape index (κ1) is 12.6. The van der Waals surface area contributed by atoms with Gasteiger partial charge in [0, 0.05) is 20.1 Å². The molecule has 18 heavy (non-hydrogen) atoms.